The Morgan fingerprint density at radius 2 is 1.71 bits per heavy atom. The molecule has 1 aromatic heterocycles. The summed E-state index contributed by atoms with van der Waals surface area (Å²) in [6, 6.07) is 9.80. The van der Waals surface area contributed by atoms with Crippen LogP contribution >= 0.6 is 23.7 Å². The Labute approximate surface area is 234 Å². The predicted octanol–water partition coefficient (Wildman–Crippen LogP) is 4.51. The second-order valence-corrected chi connectivity index (χ2v) is 12.3. The second-order valence-electron chi connectivity index (χ2n) is 9.39. The summed E-state index contributed by atoms with van der Waals surface area (Å²) in [6.07, 6.45) is 2.75. The first kappa shape index (κ1) is 30.1. The van der Waals surface area contributed by atoms with Gasteiger partial charge in [0.1, 0.15) is 21.7 Å². The molecule has 0 bridgehead atoms. The SMILES string of the molecule is COc1ccc(OC)c2sc(N(CCN(C)C)C(=O)c3ccc(S(=O)(=O)N4CCCCC4C)cc3)nc12.Cl. The zero-order valence-electron chi connectivity index (χ0n) is 22.3. The molecule has 0 aliphatic carbocycles. The number of halogens is 1. The summed E-state index contributed by atoms with van der Waals surface area (Å²) in [5.74, 6) is 0.995. The van der Waals surface area contributed by atoms with Crippen LogP contribution in [0.25, 0.3) is 10.2 Å². The fraction of sp³-hybridized carbons (Fsp3) is 0.462. The van der Waals surface area contributed by atoms with E-state index in [4.69, 9.17) is 14.5 Å². The first-order valence-electron chi connectivity index (χ1n) is 12.3. The number of anilines is 1. The molecule has 3 aromatic rings. The van der Waals surface area contributed by atoms with Crippen LogP contribution in [-0.4, -0.2) is 82.5 Å². The molecule has 208 valence electrons. The summed E-state index contributed by atoms with van der Waals surface area (Å²) in [5.41, 5.74) is 1.02. The van der Waals surface area contributed by atoms with Gasteiger partial charge < -0.3 is 14.4 Å². The molecule has 0 radical (unpaired) electrons. The van der Waals surface area contributed by atoms with E-state index in [-0.39, 0.29) is 29.3 Å². The molecular weight excluding hydrogens is 548 g/mol. The number of sulfonamides is 1. The Kier molecular flexibility index (Phi) is 9.99. The number of nitrogens with zero attached hydrogens (tertiary/aromatic N) is 4. The van der Waals surface area contributed by atoms with Crippen molar-refractivity contribution >= 4 is 55.0 Å². The van der Waals surface area contributed by atoms with Gasteiger partial charge in [-0.15, -0.1) is 12.4 Å². The van der Waals surface area contributed by atoms with Crippen molar-refractivity contribution in [2.45, 2.75) is 37.1 Å². The molecule has 4 rings (SSSR count). The van der Waals surface area contributed by atoms with Crippen molar-refractivity contribution in [3.63, 3.8) is 0 Å². The summed E-state index contributed by atoms with van der Waals surface area (Å²) < 4.78 is 39.8. The van der Waals surface area contributed by atoms with E-state index < -0.39 is 10.0 Å². The third-order valence-electron chi connectivity index (χ3n) is 6.60. The van der Waals surface area contributed by atoms with Crippen LogP contribution in [0.5, 0.6) is 11.5 Å². The van der Waals surface area contributed by atoms with Crippen molar-refractivity contribution in [1.82, 2.24) is 14.2 Å². The van der Waals surface area contributed by atoms with Crippen molar-refractivity contribution in [2.75, 3.05) is 52.8 Å². The van der Waals surface area contributed by atoms with Gasteiger partial charge in [-0.25, -0.2) is 13.4 Å². The van der Waals surface area contributed by atoms with Crippen molar-refractivity contribution < 1.29 is 22.7 Å². The molecule has 1 saturated heterocycles. The first-order chi connectivity index (χ1) is 17.7. The summed E-state index contributed by atoms with van der Waals surface area (Å²) in [6.45, 7) is 3.49. The number of carbonyl (C=O) groups is 1. The van der Waals surface area contributed by atoms with Gasteiger partial charge in [-0.2, -0.15) is 4.31 Å². The Bertz CT molecular complexity index is 1320. The van der Waals surface area contributed by atoms with Crippen LogP contribution in [-0.2, 0) is 10.0 Å². The van der Waals surface area contributed by atoms with E-state index in [0.717, 1.165) is 24.0 Å². The lowest BCUT2D eigenvalue weighted by Crippen LogP contribution is -2.41. The number of carbonyl (C=O) groups excluding carboxylic acids is 1. The molecule has 9 nitrogen and oxygen atoms in total. The zero-order valence-corrected chi connectivity index (χ0v) is 24.8. The van der Waals surface area contributed by atoms with E-state index in [1.165, 1.54) is 23.5 Å². The summed E-state index contributed by atoms with van der Waals surface area (Å²) in [7, 11) is 3.43. The van der Waals surface area contributed by atoms with Gasteiger partial charge in [-0.05, 0) is 70.3 Å². The number of benzene rings is 2. The first-order valence-corrected chi connectivity index (χ1v) is 14.5. The van der Waals surface area contributed by atoms with Gasteiger partial charge >= 0.3 is 0 Å². The smallest absolute Gasteiger partial charge is 0.260 e. The molecule has 1 aliphatic rings. The standard InChI is InChI=1S/C26H34N4O5S2.ClH/c1-18-8-6-7-15-30(18)37(32,33)20-11-9-19(10-12-20)25(31)29(17-16-28(2)3)26-27-23-21(34-4)13-14-22(35-5)24(23)36-26;/h9-14,18H,6-8,15-17H2,1-5H3;1H. The normalized spacial score (nSPS) is 16.3. The molecule has 1 atom stereocenters. The number of rotatable bonds is 9. The lowest BCUT2D eigenvalue weighted by molar-refractivity contribution is 0.0985. The van der Waals surface area contributed by atoms with Gasteiger partial charge in [-0.1, -0.05) is 17.8 Å². The Hall–Kier alpha value is -2.44. The van der Waals surface area contributed by atoms with E-state index in [2.05, 4.69) is 0 Å². The topological polar surface area (TPSA) is 92.3 Å². The third-order valence-corrected chi connectivity index (χ3v) is 9.72. The van der Waals surface area contributed by atoms with Gasteiger partial charge in [0.25, 0.3) is 5.91 Å². The van der Waals surface area contributed by atoms with Crippen LogP contribution in [0, 0.1) is 0 Å². The van der Waals surface area contributed by atoms with Gasteiger partial charge in [0.2, 0.25) is 10.0 Å². The highest BCUT2D eigenvalue weighted by Gasteiger charge is 2.31. The van der Waals surface area contributed by atoms with Crippen LogP contribution in [0.3, 0.4) is 0 Å². The second kappa shape index (κ2) is 12.6. The van der Waals surface area contributed by atoms with Crippen LogP contribution < -0.4 is 14.4 Å². The lowest BCUT2D eigenvalue weighted by Gasteiger charge is -2.32. The Balaban J connectivity index is 0.00000400. The van der Waals surface area contributed by atoms with E-state index in [1.54, 1.807) is 41.6 Å². The zero-order chi connectivity index (χ0) is 26.7. The number of ether oxygens (including phenoxy) is 2. The molecule has 0 saturated carbocycles. The fourth-order valence-electron chi connectivity index (χ4n) is 4.46. The lowest BCUT2D eigenvalue weighted by atomic mass is 10.1. The van der Waals surface area contributed by atoms with E-state index in [1.807, 2.05) is 32.0 Å². The average Bonchev–Trinajstić information content (AvgIpc) is 3.33. The minimum absolute atomic E-state index is 0. The number of hydrogen-bond donors (Lipinski definition) is 0. The minimum Gasteiger partial charge on any atom is -0.495 e. The monoisotopic (exact) mass is 582 g/mol. The molecule has 2 heterocycles. The van der Waals surface area contributed by atoms with Gasteiger partial charge in [0.05, 0.1) is 19.1 Å². The van der Waals surface area contributed by atoms with Crippen molar-refractivity contribution in [3.05, 3.63) is 42.0 Å². The molecular formula is C26H35ClN4O5S2. The average molecular weight is 583 g/mol. The Morgan fingerprint density at radius 1 is 1.05 bits per heavy atom. The fourth-order valence-corrected chi connectivity index (χ4v) is 7.26. The van der Waals surface area contributed by atoms with Crippen molar-refractivity contribution in [1.29, 1.82) is 0 Å². The molecule has 38 heavy (non-hydrogen) atoms. The number of thiazole rings is 1. The molecule has 0 spiro atoms. The van der Waals surface area contributed by atoms with Gasteiger partial charge in [0, 0.05) is 31.2 Å². The number of methoxy groups -OCH3 is 2. The minimum atomic E-state index is -3.62. The molecule has 1 unspecified atom stereocenters. The Morgan fingerprint density at radius 3 is 2.32 bits per heavy atom. The molecule has 2 aromatic carbocycles. The van der Waals surface area contributed by atoms with Crippen molar-refractivity contribution in [3.8, 4) is 11.5 Å². The van der Waals surface area contributed by atoms with Crippen molar-refractivity contribution in [2.24, 2.45) is 0 Å². The number of fused-ring (bicyclic) bond motifs is 1. The number of likely N-dealkylation sites (N-methyl/N-ethyl adjacent to an activating group) is 1. The quantitative estimate of drug-likeness (QED) is 0.366. The maximum atomic E-state index is 13.7. The molecule has 1 amide bonds. The highest BCUT2D eigenvalue weighted by molar-refractivity contribution is 7.89. The largest absolute Gasteiger partial charge is 0.495 e. The molecule has 12 heteroatoms. The maximum absolute atomic E-state index is 13.7. The van der Waals surface area contributed by atoms with E-state index in [9.17, 15) is 13.2 Å². The summed E-state index contributed by atoms with van der Waals surface area (Å²) >= 11 is 1.36. The number of amides is 1. The number of piperidine rings is 1. The summed E-state index contributed by atoms with van der Waals surface area (Å²) in [5, 5.41) is 0.517. The maximum Gasteiger partial charge on any atom is 0.260 e. The highest BCUT2D eigenvalue weighted by Crippen LogP contribution is 2.40. The third kappa shape index (κ3) is 6.07. The highest BCUT2D eigenvalue weighted by atomic mass is 35.5. The van der Waals surface area contributed by atoms with E-state index >= 15 is 0 Å². The number of aromatic nitrogens is 1. The molecule has 1 aliphatic heterocycles. The van der Waals surface area contributed by atoms with E-state index in [0.29, 0.717) is 47.3 Å². The van der Waals surface area contributed by atoms with Crippen LogP contribution in [0.1, 0.15) is 36.5 Å². The van der Waals surface area contributed by atoms with Crippen LogP contribution in [0.4, 0.5) is 5.13 Å². The predicted molar refractivity (Wildman–Crippen MR) is 154 cm³/mol. The van der Waals surface area contributed by atoms with Gasteiger partial charge in [-0.3, -0.25) is 9.69 Å². The molecule has 0 N–H and O–H groups in total. The van der Waals surface area contributed by atoms with Crippen LogP contribution in [0.2, 0.25) is 0 Å². The number of hydrogen-bond acceptors (Lipinski definition) is 8. The summed E-state index contributed by atoms with van der Waals surface area (Å²) in [4.78, 5) is 22.3. The molecule has 1 fully saturated rings. The van der Waals surface area contributed by atoms with Gasteiger partial charge in [0.15, 0.2) is 5.13 Å². The van der Waals surface area contributed by atoms with Crippen LogP contribution in [0.15, 0.2) is 41.3 Å².